The van der Waals surface area contributed by atoms with Crippen molar-refractivity contribution in [2.24, 2.45) is 0 Å². The Bertz CT molecular complexity index is 1310. The number of hydrogen-bond donors (Lipinski definition) is 3. The molecule has 3 aromatic carbocycles. The van der Waals surface area contributed by atoms with E-state index in [2.05, 4.69) is 5.32 Å². The second-order valence-corrected chi connectivity index (χ2v) is 7.76. The minimum Gasteiger partial charge on any atom is -0.504 e. The quantitative estimate of drug-likeness (QED) is 0.420. The fourth-order valence-electron chi connectivity index (χ4n) is 4.02. The summed E-state index contributed by atoms with van der Waals surface area (Å²) in [6, 6.07) is 22.1. The Morgan fingerprint density at radius 2 is 1.59 bits per heavy atom. The SMILES string of the molecule is O=C(Nc1nc2c(nc1Cc1ccccc1)-c1ccc(O)c(O)c1CC2)c1ccccc1. The van der Waals surface area contributed by atoms with E-state index >= 15 is 0 Å². The van der Waals surface area contributed by atoms with Crippen LogP contribution in [0.15, 0.2) is 72.8 Å². The van der Waals surface area contributed by atoms with E-state index in [0.29, 0.717) is 47.6 Å². The molecule has 0 fully saturated rings. The highest BCUT2D eigenvalue weighted by Gasteiger charge is 2.25. The van der Waals surface area contributed by atoms with Crippen LogP contribution < -0.4 is 5.32 Å². The van der Waals surface area contributed by atoms with Crippen LogP contribution in [0.1, 0.15) is 32.9 Å². The fraction of sp³-hybridized carbons (Fsp3) is 0.115. The smallest absolute Gasteiger partial charge is 0.256 e. The van der Waals surface area contributed by atoms with Gasteiger partial charge in [-0.15, -0.1) is 0 Å². The molecule has 1 amide bonds. The summed E-state index contributed by atoms with van der Waals surface area (Å²) in [6.07, 6.45) is 1.57. The lowest BCUT2D eigenvalue weighted by Gasteiger charge is -2.22. The third-order valence-corrected chi connectivity index (χ3v) is 5.65. The van der Waals surface area contributed by atoms with Gasteiger partial charge in [-0.25, -0.2) is 9.97 Å². The lowest BCUT2D eigenvalue weighted by Crippen LogP contribution is -2.18. The third kappa shape index (κ3) is 3.67. The average molecular weight is 423 g/mol. The van der Waals surface area contributed by atoms with Gasteiger partial charge in [-0.2, -0.15) is 0 Å². The molecule has 158 valence electrons. The molecule has 5 rings (SSSR count). The number of nitrogens with one attached hydrogen (secondary N) is 1. The minimum atomic E-state index is -0.243. The van der Waals surface area contributed by atoms with Crippen LogP contribution >= 0.6 is 0 Å². The highest BCUT2D eigenvalue weighted by atomic mass is 16.3. The van der Waals surface area contributed by atoms with E-state index in [0.717, 1.165) is 16.8 Å². The number of phenolic OH excluding ortho intramolecular Hbond substituents is 2. The first kappa shape index (κ1) is 19.8. The highest BCUT2D eigenvalue weighted by Crippen LogP contribution is 2.41. The second-order valence-electron chi connectivity index (χ2n) is 7.76. The molecule has 1 aliphatic rings. The van der Waals surface area contributed by atoms with Crippen molar-refractivity contribution < 1.29 is 15.0 Å². The Balaban J connectivity index is 1.60. The van der Waals surface area contributed by atoms with Gasteiger partial charge in [0.05, 0.1) is 17.1 Å². The summed E-state index contributed by atoms with van der Waals surface area (Å²) >= 11 is 0. The Kier molecular flexibility index (Phi) is 5.03. The molecule has 0 saturated carbocycles. The summed E-state index contributed by atoms with van der Waals surface area (Å²) in [5, 5.41) is 23.1. The number of amides is 1. The first-order valence-corrected chi connectivity index (χ1v) is 10.4. The van der Waals surface area contributed by atoms with E-state index < -0.39 is 0 Å². The molecule has 4 aromatic rings. The normalized spacial score (nSPS) is 12.0. The maximum atomic E-state index is 12.8. The second kappa shape index (κ2) is 8.15. The largest absolute Gasteiger partial charge is 0.504 e. The third-order valence-electron chi connectivity index (χ3n) is 5.65. The lowest BCUT2D eigenvalue weighted by molar-refractivity contribution is 0.102. The van der Waals surface area contributed by atoms with Crippen molar-refractivity contribution in [3.63, 3.8) is 0 Å². The topological polar surface area (TPSA) is 95.3 Å². The van der Waals surface area contributed by atoms with Crippen LogP contribution in [0.25, 0.3) is 11.3 Å². The Morgan fingerprint density at radius 1 is 0.875 bits per heavy atom. The van der Waals surface area contributed by atoms with E-state index in [9.17, 15) is 15.0 Å². The first-order chi connectivity index (χ1) is 15.6. The summed E-state index contributed by atoms with van der Waals surface area (Å²) in [5.41, 5.74) is 5.07. The molecular weight excluding hydrogens is 402 g/mol. The molecule has 0 saturated heterocycles. The van der Waals surface area contributed by atoms with Crippen molar-refractivity contribution in [3.8, 4) is 22.8 Å². The zero-order valence-corrected chi connectivity index (χ0v) is 17.2. The van der Waals surface area contributed by atoms with Crippen molar-refractivity contribution in [1.82, 2.24) is 9.97 Å². The molecule has 0 bridgehead atoms. The number of aromatic hydroxyl groups is 2. The van der Waals surface area contributed by atoms with Gasteiger partial charge in [0.2, 0.25) is 0 Å². The number of phenols is 2. The van der Waals surface area contributed by atoms with Crippen molar-refractivity contribution in [1.29, 1.82) is 0 Å². The van der Waals surface area contributed by atoms with Gasteiger partial charge in [-0.05, 0) is 42.7 Å². The number of hydrogen-bond acceptors (Lipinski definition) is 5. The monoisotopic (exact) mass is 423 g/mol. The zero-order valence-electron chi connectivity index (χ0n) is 17.2. The fourth-order valence-corrected chi connectivity index (χ4v) is 4.02. The van der Waals surface area contributed by atoms with E-state index in [-0.39, 0.29) is 17.4 Å². The number of anilines is 1. The van der Waals surface area contributed by atoms with Gasteiger partial charge in [-0.1, -0.05) is 48.5 Å². The van der Waals surface area contributed by atoms with Crippen molar-refractivity contribution >= 4 is 11.7 Å². The number of carbonyl (C=O) groups is 1. The summed E-state index contributed by atoms with van der Waals surface area (Å²) in [4.78, 5) is 22.5. The molecule has 6 nitrogen and oxygen atoms in total. The van der Waals surface area contributed by atoms with Gasteiger partial charge in [0, 0.05) is 23.1 Å². The van der Waals surface area contributed by atoms with Crippen LogP contribution in [0.2, 0.25) is 0 Å². The predicted molar refractivity (Wildman–Crippen MR) is 122 cm³/mol. The van der Waals surface area contributed by atoms with Crippen molar-refractivity contribution in [2.75, 3.05) is 5.32 Å². The molecule has 1 aliphatic carbocycles. The standard InChI is InChI=1S/C26H21N3O3/c30-22-14-12-18-19(24(22)31)11-13-20-23(18)27-21(15-16-7-3-1-4-8-16)25(28-20)29-26(32)17-9-5-2-6-10-17/h1-10,12,14,30-31H,11,13,15H2,(H,28,29,32). The van der Waals surface area contributed by atoms with Crippen LogP contribution in [-0.4, -0.2) is 26.1 Å². The molecular formula is C26H21N3O3. The van der Waals surface area contributed by atoms with Gasteiger partial charge in [0.15, 0.2) is 17.3 Å². The number of rotatable bonds is 4. The maximum Gasteiger partial charge on any atom is 0.256 e. The molecule has 0 spiro atoms. The Hall–Kier alpha value is -4.19. The van der Waals surface area contributed by atoms with E-state index in [4.69, 9.17) is 9.97 Å². The van der Waals surface area contributed by atoms with Crippen LogP contribution in [0.3, 0.4) is 0 Å². The predicted octanol–water partition coefficient (Wildman–Crippen LogP) is 4.50. The summed E-state index contributed by atoms with van der Waals surface area (Å²) < 4.78 is 0. The van der Waals surface area contributed by atoms with Gasteiger partial charge in [0.1, 0.15) is 0 Å². The average Bonchev–Trinajstić information content (AvgIpc) is 2.83. The van der Waals surface area contributed by atoms with Crippen LogP contribution in [0.4, 0.5) is 5.82 Å². The molecule has 6 heteroatoms. The zero-order chi connectivity index (χ0) is 22.1. The number of fused-ring (bicyclic) bond motifs is 3. The van der Waals surface area contributed by atoms with E-state index in [1.807, 2.05) is 48.5 Å². The van der Waals surface area contributed by atoms with Crippen LogP contribution in [-0.2, 0) is 19.3 Å². The minimum absolute atomic E-state index is 0.110. The van der Waals surface area contributed by atoms with Crippen molar-refractivity contribution in [3.05, 3.63) is 101 Å². The van der Waals surface area contributed by atoms with Gasteiger partial charge in [0.25, 0.3) is 5.91 Å². The first-order valence-electron chi connectivity index (χ1n) is 10.4. The molecule has 32 heavy (non-hydrogen) atoms. The number of benzene rings is 3. The summed E-state index contributed by atoms with van der Waals surface area (Å²) in [7, 11) is 0. The maximum absolute atomic E-state index is 12.8. The molecule has 0 atom stereocenters. The summed E-state index contributed by atoms with van der Waals surface area (Å²) in [6.45, 7) is 0. The highest BCUT2D eigenvalue weighted by molar-refractivity contribution is 6.04. The van der Waals surface area contributed by atoms with Gasteiger partial charge < -0.3 is 15.5 Å². The number of nitrogens with zero attached hydrogens (tertiary/aromatic N) is 2. The van der Waals surface area contributed by atoms with Gasteiger partial charge in [-0.3, -0.25) is 4.79 Å². The van der Waals surface area contributed by atoms with E-state index in [1.165, 1.54) is 6.07 Å². The molecule has 3 N–H and O–H groups in total. The summed E-state index contributed by atoms with van der Waals surface area (Å²) in [5.74, 6) is -0.0572. The molecule has 1 aromatic heterocycles. The lowest BCUT2D eigenvalue weighted by atomic mass is 9.90. The molecule has 0 unspecified atom stereocenters. The van der Waals surface area contributed by atoms with Gasteiger partial charge >= 0.3 is 0 Å². The molecule has 0 radical (unpaired) electrons. The number of aryl methyl sites for hydroxylation is 1. The number of carbonyl (C=O) groups excluding carboxylic acids is 1. The Morgan fingerprint density at radius 3 is 2.34 bits per heavy atom. The van der Waals surface area contributed by atoms with E-state index in [1.54, 1.807) is 18.2 Å². The van der Waals surface area contributed by atoms with Crippen LogP contribution in [0.5, 0.6) is 11.5 Å². The molecule has 1 heterocycles. The van der Waals surface area contributed by atoms with Crippen LogP contribution in [0, 0.1) is 0 Å². The Labute approximate surface area is 185 Å². The number of aromatic nitrogens is 2. The van der Waals surface area contributed by atoms with Crippen molar-refractivity contribution in [2.45, 2.75) is 19.3 Å². The molecule has 0 aliphatic heterocycles.